The van der Waals surface area contributed by atoms with Crippen LogP contribution in [0.4, 0.5) is 0 Å². The van der Waals surface area contributed by atoms with Gasteiger partial charge in [0.05, 0.1) is 0 Å². The van der Waals surface area contributed by atoms with E-state index in [4.69, 9.17) is 0 Å². The van der Waals surface area contributed by atoms with Crippen molar-refractivity contribution in [3.05, 3.63) is 36.7 Å². The Bertz CT molecular complexity index is 546. The highest BCUT2D eigenvalue weighted by molar-refractivity contribution is 5.80. The van der Waals surface area contributed by atoms with Crippen LogP contribution in [-0.4, -0.2) is 31.8 Å². The summed E-state index contributed by atoms with van der Waals surface area (Å²) in [4.78, 5) is 16.5. The normalized spacial score (nSPS) is 12.3. The molecule has 6 nitrogen and oxygen atoms in total. The number of hydrogen-bond donors (Lipinski definition) is 1. The van der Waals surface area contributed by atoms with Crippen LogP contribution in [0.5, 0.6) is 0 Å². The van der Waals surface area contributed by atoms with Gasteiger partial charge in [-0.25, -0.2) is 4.98 Å². The van der Waals surface area contributed by atoms with Crippen molar-refractivity contribution in [2.24, 2.45) is 0 Å². The van der Waals surface area contributed by atoms with E-state index in [0.29, 0.717) is 6.54 Å². The molecule has 0 aliphatic rings. The van der Waals surface area contributed by atoms with Crippen molar-refractivity contribution in [3.8, 4) is 0 Å². The topological polar surface area (TPSA) is 64.7 Å². The van der Waals surface area contributed by atoms with Gasteiger partial charge < -0.3 is 9.88 Å². The van der Waals surface area contributed by atoms with Gasteiger partial charge in [0.25, 0.3) is 0 Å². The molecule has 1 N–H and O–H groups in total. The first-order valence-electron chi connectivity index (χ1n) is 7.53. The molecule has 2 aromatic rings. The first-order valence-corrected chi connectivity index (χ1v) is 7.53. The van der Waals surface area contributed by atoms with E-state index in [2.05, 4.69) is 26.9 Å². The third-order valence-corrected chi connectivity index (χ3v) is 3.53. The lowest BCUT2D eigenvalue weighted by Crippen LogP contribution is -2.33. The number of aromatic nitrogens is 4. The van der Waals surface area contributed by atoms with Crippen LogP contribution in [0.15, 0.2) is 30.9 Å². The standard InChI is InChI=1S/C15H23N5O/c1-3-13(20-11-6-8-18-20)15(21)17-7-5-10-19-12-9-16-14(19)4-2/h6,8-9,11-13H,3-5,7,10H2,1-2H3,(H,17,21)/t13-/m1/s1. The summed E-state index contributed by atoms with van der Waals surface area (Å²) in [6.45, 7) is 5.63. The number of amides is 1. The van der Waals surface area contributed by atoms with Crippen molar-refractivity contribution < 1.29 is 4.79 Å². The minimum absolute atomic E-state index is 0.0301. The maximum absolute atomic E-state index is 12.2. The molecule has 2 heterocycles. The molecule has 0 spiro atoms. The predicted octanol–water partition coefficient (Wildman–Crippen LogP) is 1.80. The van der Waals surface area contributed by atoms with Crippen molar-refractivity contribution >= 4 is 5.91 Å². The molecule has 0 fully saturated rings. The third-order valence-electron chi connectivity index (χ3n) is 3.53. The lowest BCUT2D eigenvalue weighted by molar-refractivity contribution is -0.124. The number of nitrogens with one attached hydrogen (secondary N) is 1. The summed E-state index contributed by atoms with van der Waals surface area (Å²) in [7, 11) is 0. The van der Waals surface area contributed by atoms with Crippen LogP contribution in [0.3, 0.4) is 0 Å². The van der Waals surface area contributed by atoms with Crippen LogP contribution < -0.4 is 5.32 Å². The van der Waals surface area contributed by atoms with Crippen LogP contribution in [0.25, 0.3) is 0 Å². The summed E-state index contributed by atoms with van der Waals surface area (Å²) >= 11 is 0. The number of carbonyl (C=O) groups excluding carboxylic acids is 1. The van der Waals surface area contributed by atoms with Crippen LogP contribution in [-0.2, 0) is 17.8 Å². The van der Waals surface area contributed by atoms with Crippen molar-refractivity contribution in [1.29, 1.82) is 0 Å². The van der Waals surface area contributed by atoms with Crippen LogP contribution in [0, 0.1) is 0 Å². The second-order valence-electron chi connectivity index (χ2n) is 4.95. The van der Waals surface area contributed by atoms with Gasteiger partial charge in [-0.05, 0) is 18.9 Å². The Morgan fingerprint density at radius 2 is 2.19 bits per heavy atom. The van der Waals surface area contributed by atoms with Crippen LogP contribution >= 0.6 is 0 Å². The molecular formula is C15H23N5O. The Kier molecular flexibility index (Phi) is 5.54. The first kappa shape index (κ1) is 15.3. The molecule has 0 aliphatic carbocycles. The van der Waals surface area contributed by atoms with E-state index in [1.807, 2.05) is 31.6 Å². The van der Waals surface area contributed by atoms with Gasteiger partial charge in [0.2, 0.25) is 5.91 Å². The number of nitrogens with zero attached hydrogens (tertiary/aromatic N) is 4. The van der Waals surface area contributed by atoms with E-state index < -0.39 is 0 Å². The molecule has 2 rings (SSSR count). The highest BCUT2D eigenvalue weighted by atomic mass is 16.2. The zero-order chi connectivity index (χ0) is 15.1. The smallest absolute Gasteiger partial charge is 0.244 e. The first-order chi connectivity index (χ1) is 10.3. The quantitative estimate of drug-likeness (QED) is 0.754. The summed E-state index contributed by atoms with van der Waals surface area (Å²) in [6, 6.07) is 1.61. The molecule has 0 radical (unpaired) electrons. The Labute approximate surface area is 125 Å². The average molecular weight is 289 g/mol. The SMILES string of the molecule is CCc1nccn1CCCNC(=O)[C@@H](CC)n1cccn1. The van der Waals surface area contributed by atoms with Gasteiger partial charge in [-0.3, -0.25) is 9.48 Å². The molecule has 0 aliphatic heterocycles. The summed E-state index contributed by atoms with van der Waals surface area (Å²) in [6.07, 6.45) is 9.88. The molecule has 0 aromatic carbocycles. The zero-order valence-electron chi connectivity index (χ0n) is 12.7. The minimum Gasteiger partial charge on any atom is -0.354 e. The van der Waals surface area contributed by atoms with Gasteiger partial charge in [0.15, 0.2) is 0 Å². The number of imidazole rings is 1. The molecule has 1 amide bonds. The highest BCUT2D eigenvalue weighted by Gasteiger charge is 2.17. The Morgan fingerprint density at radius 1 is 1.33 bits per heavy atom. The Balaban J connectivity index is 1.76. The number of carbonyl (C=O) groups is 1. The second kappa shape index (κ2) is 7.61. The fourth-order valence-electron chi connectivity index (χ4n) is 2.39. The van der Waals surface area contributed by atoms with Gasteiger partial charge in [-0.15, -0.1) is 0 Å². The molecule has 1 atom stereocenters. The second-order valence-corrected chi connectivity index (χ2v) is 4.95. The lowest BCUT2D eigenvalue weighted by Gasteiger charge is -2.15. The zero-order valence-corrected chi connectivity index (χ0v) is 12.7. The van der Waals surface area contributed by atoms with E-state index in [9.17, 15) is 4.79 Å². The fourth-order valence-corrected chi connectivity index (χ4v) is 2.39. The van der Waals surface area contributed by atoms with E-state index in [-0.39, 0.29) is 11.9 Å². The van der Waals surface area contributed by atoms with Gasteiger partial charge in [-0.1, -0.05) is 13.8 Å². The molecule has 21 heavy (non-hydrogen) atoms. The van der Waals surface area contributed by atoms with Gasteiger partial charge in [0, 0.05) is 44.3 Å². The van der Waals surface area contributed by atoms with E-state index in [0.717, 1.165) is 31.6 Å². The molecule has 0 saturated carbocycles. The maximum atomic E-state index is 12.2. The van der Waals surface area contributed by atoms with Crippen LogP contribution in [0.1, 0.15) is 38.6 Å². The van der Waals surface area contributed by atoms with E-state index in [1.165, 1.54) is 0 Å². The Hall–Kier alpha value is -2.11. The van der Waals surface area contributed by atoms with E-state index >= 15 is 0 Å². The summed E-state index contributed by atoms with van der Waals surface area (Å²) in [5.74, 6) is 1.12. The number of hydrogen-bond acceptors (Lipinski definition) is 3. The monoisotopic (exact) mass is 289 g/mol. The molecule has 114 valence electrons. The van der Waals surface area contributed by atoms with Crippen molar-refractivity contribution in [3.63, 3.8) is 0 Å². The number of aryl methyl sites for hydroxylation is 2. The lowest BCUT2D eigenvalue weighted by atomic mass is 10.2. The van der Waals surface area contributed by atoms with Gasteiger partial charge in [0.1, 0.15) is 11.9 Å². The van der Waals surface area contributed by atoms with Gasteiger partial charge >= 0.3 is 0 Å². The summed E-state index contributed by atoms with van der Waals surface area (Å²) < 4.78 is 3.84. The minimum atomic E-state index is -0.223. The van der Waals surface area contributed by atoms with Crippen molar-refractivity contribution in [1.82, 2.24) is 24.6 Å². The molecule has 0 saturated heterocycles. The van der Waals surface area contributed by atoms with E-state index in [1.54, 1.807) is 10.9 Å². The molecule has 0 bridgehead atoms. The maximum Gasteiger partial charge on any atom is 0.244 e. The Morgan fingerprint density at radius 3 is 2.86 bits per heavy atom. The predicted molar refractivity (Wildman–Crippen MR) is 80.8 cm³/mol. The summed E-state index contributed by atoms with van der Waals surface area (Å²) in [5.41, 5.74) is 0. The van der Waals surface area contributed by atoms with Crippen molar-refractivity contribution in [2.45, 2.75) is 45.7 Å². The van der Waals surface area contributed by atoms with Crippen LogP contribution in [0.2, 0.25) is 0 Å². The molecule has 6 heteroatoms. The highest BCUT2D eigenvalue weighted by Crippen LogP contribution is 2.09. The van der Waals surface area contributed by atoms with Gasteiger partial charge in [-0.2, -0.15) is 5.10 Å². The largest absolute Gasteiger partial charge is 0.354 e. The van der Waals surface area contributed by atoms with Crippen molar-refractivity contribution in [2.75, 3.05) is 6.54 Å². The average Bonchev–Trinajstić information content (AvgIpc) is 3.15. The molecule has 2 aromatic heterocycles. The summed E-state index contributed by atoms with van der Waals surface area (Å²) in [5, 5.41) is 7.13. The third kappa shape index (κ3) is 3.93. The number of rotatable bonds is 8. The fraction of sp³-hybridized carbons (Fsp3) is 0.533. The molecular weight excluding hydrogens is 266 g/mol. The molecule has 0 unspecified atom stereocenters.